The molecular weight excluding hydrogens is 180 g/mol. The maximum Gasteiger partial charge on any atom is 0.0390 e. The van der Waals surface area contributed by atoms with Gasteiger partial charge in [-0.2, -0.15) is 0 Å². The maximum absolute atomic E-state index is 6.14. The molecule has 0 heterocycles. The number of hydrogen-bond donors (Lipinski definition) is 0. The van der Waals surface area contributed by atoms with Crippen molar-refractivity contribution in [2.24, 2.45) is 11.3 Å². The first-order valence-electron chi connectivity index (χ1n) is 5.34. The largest absolute Gasteiger partial charge is 0.120 e. The van der Waals surface area contributed by atoms with Crippen molar-refractivity contribution in [2.75, 3.05) is 0 Å². The standard InChI is InChI=1S/C12H25Cl/c1-10(2)11(3,4)8-7-9-12(5,6)13/h10H,7-9H2,1-6H3. The normalized spacial score (nSPS) is 13.8. The molecule has 0 aliphatic carbocycles. The molecular formula is C12H25Cl. The van der Waals surface area contributed by atoms with E-state index in [1.54, 1.807) is 0 Å². The molecule has 13 heavy (non-hydrogen) atoms. The third kappa shape index (κ3) is 6.37. The molecule has 1 heteroatoms. The zero-order valence-electron chi connectivity index (χ0n) is 10.1. The minimum absolute atomic E-state index is 0.0208. The summed E-state index contributed by atoms with van der Waals surface area (Å²) in [5.41, 5.74) is 0.460. The summed E-state index contributed by atoms with van der Waals surface area (Å²) in [5.74, 6) is 0.755. The van der Waals surface area contributed by atoms with Crippen LogP contribution in [0.4, 0.5) is 0 Å². The summed E-state index contributed by atoms with van der Waals surface area (Å²) in [6.45, 7) is 13.5. The SMILES string of the molecule is CC(C)C(C)(C)CCCC(C)(C)Cl. The van der Waals surface area contributed by atoms with E-state index in [0.717, 1.165) is 12.3 Å². The van der Waals surface area contributed by atoms with Gasteiger partial charge in [0, 0.05) is 4.87 Å². The monoisotopic (exact) mass is 204 g/mol. The second kappa shape index (κ2) is 4.68. The molecule has 0 saturated heterocycles. The number of halogens is 1. The van der Waals surface area contributed by atoms with E-state index in [0.29, 0.717) is 5.41 Å². The van der Waals surface area contributed by atoms with Gasteiger partial charge in [0.2, 0.25) is 0 Å². The molecule has 0 aromatic rings. The van der Waals surface area contributed by atoms with Gasteiger partial charge in [-0.15, -0.1) is 11.6 Å². The van der Waals surface area contributed by atoms with E-state index in [1.807, 2.05) is 0 Å². The van der Waals surface area contributed by atoms with E-state index in [4.69, 9.17) is 11.6 Å². The van der Waals surface area contributed by atoms with Gasteiger partial charge < -0.3 is 0 Å². The van der Waals surface area contributed by atoms with Gasteiger partial charge in [-0.25, -0.2) is 0 Å². The van der Waals surface area contributed by atoms with Crippen LogP contribution in [-0.4, -0.2) is 4.87 Å². The molecule has 0 aromatic carbocycles. The maximum atomic E-state index is 6.14. The van der Waals surface area contributed by atoms with Gasteiger partial charge in [0.15, 0.2) is 0 Å². The lowest BCUT2D eigenvalue weighted by atomic mass is 9.77. The predicted octanol–water partition coefficient (Wildman–Crippen LogP) is 4.86. The summed E-state index contributed by atoms with van der Waals surface area (Å²) in [6.07, 6.45) is 3.63. The highest BCUT2D eigenvalue weighted by Crippen LogP contribution is 2.33. The van der Waals surface area contributed by atoms with Crippen molar-refractivity contribution < 1.29 is 0 Å². The summed E-state index contributed by atoms with van der Waals surface area (Å²) in [7, 11) is 0. The van der Waals surface area contributed by atoms with E-state index in [2.05, 4.69) is 41.5 Å². The van der Waals surface area contributed by atoms with Crippen LogP contribution in [0.5, 0.6) is 0 Å². The summed E-state index contributed by atoms with van der Waals surface area (Å²) >= 11 is 6.14. The van der Waals surface area contributed by atoms with Crippen LogP contribution in [0.2, 0.25) is 0 Å². The Morgan fingerprint density at radius 1 is 1.00 bits per heavy atom. The van der Waals surface area contributed by atoms with Gasteiger partial charge in [-0.1, -0.05) is 34.1 Å². The van der Waals surface area contributed by atoms with Gasteiger partial charge in [0.25, 0.3) is 0 Å². The third-order valence-corrected chi connectivity index (χ3v) is 3.34. The molecule has 0 atom stereocenters. The van der Waals surface area contributed by atoms with E-state index in [-0.39, 0.29) is 4.87 Å². The second-order valence-electron chi connectivity index (χ2n) is 5.72. The average Bonchev–Trinajstić information content (AvgIpc) is 1.82. The topological polar surface area (TPSA) is 0 Å². The summed E-state index contributed by atoms with van der Waals surface area (Å²) in [5, 5.41) is 0. The Hall–Kier alpha value is 0.290. The lowest BCUT2D eigenvalue weighted by molar-refractivity contribution is 0.219. The number of hydrogen-bond acceptors (Lipinski definition) is 0. The predicted molar refractivity (Wildman–Crippen MR) is 62.4 cm³/mol. The van der Waals surface area contributed by atoms with Crippen molar-refractivity contribution in [3.63, 3.8) is 0 Å². The van der Waals surface area contributed by atoms with Crippen molar-refractivity contribution in [2.45, 2.75) is 65.7 Å². The van der Waals surface area contributed by atoms with Crippen molar-refractivity contribution >= 4 is 11.6 Å². The molecule has 0 radical (unpaired) electrons. The Morgan fingerprint density at radius 2 is 1.46 bits per heavy atom. The highest BCUT2D eigenvalue weighted by molar-refractivity contribution is 6.23. The number of alkyl halides is 1. The molecule has 0 aliphatic heterocycles. The average molecular weight is 205 g/mol. The van der Waals surface area contributed by atoms with Gasteiger partial charge >= 0.3 is 0 Å². The van der Waals surface area contributed by atoms with E-state index >= 15 is 0 Å². The van der Waals surface area contributed by atoms with Crippen LogP contribution in [0.25, 0.3) is 0 Å². The van der Waals surface area contributed by atoms with E-state index < -0.39 is 0 Å². The summed E-state index contributed by atoms with van der Waals surface area (Å²) in [4.78, 5) is -0.0208. The molecule has 0 amide bonds. The first-order chi connectivity index (χ1) is 5.65. The minimum Gasteiger partial charge on any atom is -0.120 e. The van der Waals surface area contributed by atoms with Gasteiger partial charge in [-0.05, 0) is 38.0 Å². The van der Waals surface area contributed by atoms with Crippen LogP contribution in [0, 0.1) is 11.3 Å². The summed E-state index contributed by atoms with van der Waals surface area (Å²) < 4.78 is 0. The van der Waals surface area contributed by atoms with Crippen molar-refractivity contribution in [1.29, 1.82) is 0 Å². The molecule has 0 unspecified atom stereocenters. The fourth-order valence-electron chi connectivity index (χ4n) is 1.25. The molecule has 0 spiro atoms. The van der Waals surface area contributed by atoms with Crippen molar-refractivity contribution in [1.82, 2.24) is 0 Å². The van der Waals surface area contributed by atoms with E-state index in [1.165, 1.54) is 12.8 Å². The molecule has 0 nitrogen and oxygen atoms in total. The Balaban J connectivity index is 3.77. The van der Waals surface area contributed by atoms with Crippen LogP contribution < -0.4 is 0 Å². The smallest absolute Gasteiger partial charge is 0.0390 e. The molecule has 0 saturated carbocycles. The molecule has 0 rings (SSSR count). The van der Waals surface area contributed by atoms with Crippen LogP contribution >= 0.6 is 11.6 Å². The highest BCUT2D eigenvalue weighted by Gasteiger charge is 2.23. The van der Waals surface area contributed by atoms with Crippen LogP contribution in [-0.2, 0) is 0 Å². The van der Waals surface area contributed by atoms with Crippen LogP contribution in [0.3, 0.4) is 0 Å². The molecule has 80 valence electrons. The first kappa shape index (κ1) is 13.3. The Bertz CT molecular complexity index is 140. The lowest BCUT2D eigenvalue weighted by Gasteiger charge is -2.30. The molecule has 0 fully saturated rings. The van der Waals surface area contributed by atoms with Crippen molar-refractivity contribution in [3.8, 4) is 0 Å². The van der Waals surface area contributed by atoms with Gasteiger partial charge in [0.1, 0.15) is 0 Å². The molecule has 0 aliphatic rings. The van der Waals surface area contributed by atoms with Crippen molar-refractivity contribution in [3.05, 3.63) is 0 Å². The van der Waals surface area contributed by atoms with Gasteiger partial charge in [-0.3, -0.25) is 0 Å². The van der Waals surface area contributed by atoms with Crippen LogP contribution in [0.1, 0.15) is 60.8 Å². The lowest BCUT2D eigenvalue weighted by Crippen LogP contribution is -2.20. The number of rotatable bonds is 5. The summed E-state index contributed by atoms with van der Waals surface area (Å²) in [6, 6.07) is 0. The zero-order valence-corrected chi connectivity index (χ0v) is 10.8. The van der Waals surface area contributed by atoms with E-state index in [9.17, 15) is 0 Å². The quantitative estimate of drug-likeness (QED) is 0.562. The Labute approximate surface area is 89.1 Å². The third-order valence-electron chi connectivity index (χ3n) is 3.16. The fraction of sp³-hybridized carbons (Fsp3) is 1.00. The van der Waals surface area contributed by atoms with Gasteiger partial charge in [0.05, 0.1) is 0 Å². The Kier molecular flexibility index (Phi) is 4.79. The fourth-order valence-corrected chi connectivity index (χ4v) is 1.39. The van der Waals surface area contributed by atoms with Crippen LogP contribution in [0.15, 0.2) is 0 Å². The molecule has 0 N–H and O–H groups in total. The Morgan fingerprint density at radius 3 is 1.77 bits per heavy atom. The minimum atomic E-state index is -0.0208. The molecule has 0 aromatic heterocycles. The second-order valence-corrected chi connectivity index (χ2v) is 6.74. The highest BCUT2D eigenvalue weighted by atomic mass is 35.5. The zero-order chi connectivity index (χ0) is 10.7. The molecule has 0 bridgehead atoms. The first-order valence-corrected chi connectivity index (χ1v) is 5.72.